The van der Waals surface area contributed by atoms with E-state index in [1.54, 1.807) is 12.3 Å². The molecular formula is C16H21N3O2. The van der Waals surface area contributed by atoms with Crippen molar-refractivity contribution in [3.8, 4) is 5.75 Å². The van der Waals surface area contributed by atoms with Crippen molar-refractivity contribution in [2.45, 2.75) is 27.3 Å². The molecule has 2 rings (SSSR count). The lowest BCUT2D eigenvalue weighted by molar-refractivity contribution is 0.0952. The minimum absolute atomic E-state index is 0.0787. The summed E-state index contributed by atoms with van der Waals surface area (Å²) in [6.07, 6.45) is 3.75. The molecule has 0 aliphatic heterocycles. The quantitative estimate of drug-likeness (QED) is 0.887. The van der Waals surface area contributed by atoms with Crippen molar-refractivity contribution in [3.63, 3.8) is 0 Å². The van der Waals surface area contributed by atoms with Gasteiger partial charge in [0, 0.05) is 18.3 Å². The molecule has 21 heavy (non-hydrogen) atoms. The zero-order valence-corrected chi connectivity index (χ0v) is 12.7. The molecule has 1 heterocycles. The molecule has 0 spiro atoms. The third kappa shape index (κ3) is 4.08. The molecule has 0 bridgehead atoms. The topological polar surface area (TPSA) is 56.1 Å². The van der Waals surface area contributed by atoms with E-state index in [9.17, 15) is 4.79 Å². The number of hydrogen-bond acceptors (Lipinski definition) is 3. The van der Waals surface area contributed by atoms with E-state index in [2.05, 4.69) is 10.4 Å². The summed E-state index contributed by atoms with van der Waals surface area (Å²) < 4.78 is 7.29. The van der Waals surface area contributed by atoms with Crippen LogP contribution < -0.4 is 10.1 Å². The molecule has 0 aliphatic carbocycles. The highest BCUT2D eigenvalue weighted by Gasteiger charge is 2.08. The molecule has 5 heteroatoms. The molecule has 0 radical (unpaired) electrons. The van der Waals surface area contributed by atoms with E-state index >= 15 is 0 Å². The first-order valence-corrected chi connectivity index (χ1v) is 7.11. The summed E-state index contributed by atoms with van der Waals surface area (Å²) in [5.74, 6) is 0.742. The molecule has 1 amide bonds. The second-order valence-electron chi connectivity index (χ2n) is 4.95. The number of nitrogens with one attached hydrogen (secondary N) is 1. The molecule has 5 nitrogen and oxygen atoms in total. The maximum Gasteiger partial charge on any atom is 0.251 e. The van der Waals surface area contributed by atoms with Crippen LogP contribution in [-0.2, 0) is 6.54 Å². The van der Waals surface area contributed by atoms with Gasteiger partial charge in [0.1, 0.15) is 5.75 Å². The number of aryl methyl sites for hydroxylation is 2. The minimum Gasteiger partial charge on any atom is -0.494 e. The molecule has 1 aromatic heterocycles. The van der Waals surface area contributed by atoms with Gasteiger partial charge in [-0.05, 0) is 50.1 Å². The number of nitrogens with zero attached hydrogens (tertiary/aromatic N) is 2. The van der Waals surface area contributed by atoms with Crippen molar-refractivity contribution >= 4 is 5.91 Å². The highest BCUT2D eigenvalue weighted by molar-refractivity contribution is 5.94. The van der Waals surface area contributed by atoms with Crippen LogP contribution in [0.15, 0.2) is 30.6 Å². The van der Waals surface area contributed by atoms with Gasteiger partial charge in [-0.2, -0.15) is 5.10 Å². The molecule has 0 aliphatic rings. The number of aromatic nitrogens is 2. The van der Waals surface area contributed by atoms with Gasteiger partial charge < -0.3 is 10.1 Å². The Balaban J connectivity index is 1.89. The monoisotopic (exact) mass is 287 g/mol. The largest absolute Gasteiger partial charge is 0.494 e. The zero-order chi connectivity index (χ0) is 15.2. The van der Waals surface area contributed by atoms with E-state index in [0.717, 1.165) is 16.9 Å². The number of carbonyl (C=O) groups excluding carboxylic acids is 1. The SMILES string of the molecule is CCOc1ccc(C(=O)NCCn2cc(C)cn2)cc1C. The Bertz CT molecular complexity index is 620. The van der Waals surface area contributed by atoms with Gasteiger partial charge in [-0.25, -0.2) is 0 Å². The van der Waals surface area contributed by atoms with Gasteiger partial charge in [-0.1, -0.05) is 0 Å². The number of hydrogen-bond donors (Lipinski definition) is 1. The lowest BCUT2D eigenvalue weighted by Crippen LogP contribution is -2.27. The van der Waals surface area contributed by atoms with Crippen LogP contribution in [0.25, 0.3) is 0 Å². The second kappa shape index (κ2) is 6.92. The van der Waals surface area contributed by atoms with Gasteiger partial charge in [-0.15, -0.1) is 0 Å². The van der Waals surface area contributed by atoms with Crippen LogP contribution in [-0.4, -0.2) is 28.8 Å². The van der Waals surface area contributed by atoms with E-state index in [1.165, 1.54) is 0 Å². The lowest BCUT2D eigenvalue weighted by Gasteiger charge is -2.09. The van der Waals surface area contributed by atoms with Crippen LogP contribution in [0.3, 0.4) is 0 Å². The molecule has 0 fully saturated rings. The van der Waals surface area contributed by atoms with E-state index in [4.69, 9.17) is 4.74 Å². The summed E-state index contributed by atoms with van der Waals surface area (Å²) >= 11 is 0. The predicted molar refractivity (Wildman–Crippen MR) is 81.6 cm³/mol. The van der Waals surface area contributed by atoms with E-state index in [-0.39, 0.29) is 5.91 Å². The van der Waals surface area contributed by atoms with E-state index < -0.39 is 0 Å². The van der Waals surface area contributed by atoms with Crippen LogP contribution in [0, 0.1) is 13.8 Å². The third-order valence-electron chi connectivity index (χ3n) is 3.13. The Kier molecular flexibility index (Phi) is 4.98. The number of ether oxygens (including phenoxy) is 1. The standard InChI is InChI=1S/C16H21N3O2/c1-4-21-15-6-5-14(9-13(15)3)16(20)17-7-8-19-11-12(2)10-18-19/h5-6,9-11H,4,7-8H2,1-3H3,(H,17,20). The Morgan fingerprint density at radius 3 is 2.81 bits per heavy atom. The Morgan fingerprint density at radius 1 is 1.38 bits per heavy atom. The molecular weight excluding hydrogens is 266 g/mol. The Hall–Kier alpha value is -2.30. The van der Waals surface area contributed by atoms with Crippen molar-refractivity contribution < 1.29 is 9.53 Å². The van der Waals surface area contributed by atoms with Gasteiger partial charge in [0.15, 0.2) is 0 Å². The van der Waals surface area contributed by atoms with Crippen molar-refractivity contribution in [2.75, 3.05) is 13.2 Å². The normalized spacial score (nSPS) is 10.4. The van der Waals surface area contributed by atoms with Crippen molar-refractivity contribution in [3.05, 3.63) is 47.3 Å². The maximum atomic E-state index is 12.1. The highest BCUT2D eigenvalue weighted by Crippen LogP contribution is 2.18. The average Bonchev–Trinajstić information content (AvgIpc) is 2.87. The summed E-state index contributed by atoms with van der Waals surface area (Å²) in [5.41, 5.74) is 2.73. The fourth-order valence-corrected chi connectivity index (χ4v) is 2.08. The van der Waals surface area contributed by atoms with Crippen molar-refractivity contribution in [1.29, 1.82) is 0 Å². The Labute approximate surface area is 124 Å². The first-order valence-electron chi connectivity index (χ1n) is 7.11. The van der Waals surface area contributed by atoms with Gasteiger partial charge >= 0.3 is 0 Å². The summed E-state index contributed by atoms with van der Waals surface area (Å²) in [6.45, 7) is 7.70. The molecule has 2 aromatic rings. The second-order valence-corrected chi connectivity index (χ2v) is 4.95. The van der Waals surface area contributed by atoms with Crippen LogP contribution in [0.4, 0.5) is 0 Å². The highest BCUT2D eigenvalue weighted by atomic mass is 16.5. The van der Waals surface area contributed by atoms with Crippen molar-refractivity contribution in [1.82, 2.24) is 15.1 Å². The fraction of sp³-hybridized carbons (Fsp3) is 0.375. The number of benzene rings is 1. The zero-order valence-electron chi connectivity index (χ0n) is 12.7. The molecule has 1 N–H and O–H groups in total. The van der Waals surface area contributed by atoms with Gasteiger partial charge in [-0.3, -0.25) is 9.48 Å². The van der Waals surface area contributed by atoms with Gasteiger partial charge in [0.2, 0.25) is 0 Å². The minimum atomic E-state index is -0.0787. The number of rotatable bonds is 6. The molecule has 0 unspecified atom stereocenters. The van der Waals surface area contributed by atoms with Crippen LogP contribution in [0.5, 0.6) is 5.75 Å². The molecule has 0 atom stereocenters. The molecule has 0 saturated carbocycles. The fourth-order valence-electron chi connectivity index (χ4n) is 2.08. The number of amides is 1. The first-order chi connectivity index (χ1) is 10.1. The first kappa shape index (κ1) is 15.1. The van der Waals surface area contributed by atoms with Gasteiger partial charge in [0.05, 0.1) is 19.3 Å². The van der Waals surface area contributed by atoms with Crippen LogP contribution in [0.1, 0.15) is 28.4 Å². The average molecular weight is 287 g/mol. The summed E-state index contributed by atoms with van der Waals surface area (Å²) in [5, 5.41) is 7.08. The molecule has 0 saturated heterocycles. The summed E-state index contributed by atoms with van der Waals surface area (Å²) in [7, 11) is 0. The maximum absolute atomic E-state index is 12.1. The predicted octanol–water partition coefficient (Wildman–Crippen LogP) is 2.33. The van der Waals surface area contributed by atoms with Crippen LogP contribution in [0.2, 0.25) is 0 Å². The van der Waals surface area contributed by atoms with E-state index in [1.807, 2.05) is 43.8 Å². The van der Waals surface area contributed by atoms with Gasteiger partial charge in [0.25, 0.3) is 5.91 Å². The lowest BCUT2D eigenvalue weighted by atomic mass is 10.1. The van der Waals surface area contributed by atoms with Crippen LogP contribution >= 0.6 is 0 Å². The molecule has 112 valence electrons. The number of carbonyl (C=O) groups is 1. The molecule has 1 aromatic carbocycles. The summed E-state index contributed by atoms with van der Waals surface area (Å²) in [4.78, 5) is 12.1. The van der Waals surface area contributed by atoms with E-state index in [0.29, 0.717) is 25.3 Å². The Morgan fingerprint density at radius 2 is 2.19 bits per heavy atom. The third-order valence-corrected chi connectivity index (χ3v) is 3.13. The smallest absolute Gasteiger partial charge is 0.251 e. The van der Waals surface area contributed by atoms with Crippen molar-refractivity contribution in [2.24, 2.45) is 0 Å². The summed E-state index contributed by atoms with van der Waals surface area (Å²) in [6, 6.07) is 5.47.